The highest BCUT2D eigenvalue weighted by Gasteiger charge is 2.16. The van der Waals surface area contributed by atoms with Crippen LogP contribution < -0.4 is 0 Å². The first kappa shape index (κ1) is 15.6. The molecule has 18 heavy (non-hydrogen) atoms. The van der Waals surface area contributed by atoms with Gasteiger partial charge < -0.3 is 14.3 Å². The lowest BCUT2D eigenvalue weighted by molar-refractivity contribution is -0.185. The predicted octanol–water partition coefficient (Wildman–Crippen LogP) is 3.85. The Labute approximate surface area is 111 Å². The zero-order valence-corrected chi connectivity index (χ0v) is 11.7. The van der Waals surface area contributed by atoms with Crippen LogP contribution >= 0.6 is 0 Å². The first-order valence-corrected chi connectivity index (χ1v) is 7.53. The number of hydrogen-bond donors (Lipinski definition) is 0. The number of unbranched alkanes of at least 4 members (excludes halogenated alkanes) is 5. The molecule has 0 amide bonds. The third kappa shape index (κ3) is 7.83. The van der Waals surface area contributed by atoms with Crippen LogP contribution in [-0.4, -0.2) is 25.3 Å². The van der Waals surface area contributed by atoms with Crippen molar-refractivity contribution in [3.05, 3.63) is 0 Å². The average molecular weight is 256 g/mol. The van der Waals surface area contributed by atoms with Gasteiger partial charge in [0, 0.05) is 13.0 Å². The summed E-state index contributed by atoms with van der Waals surface area (Å²) in [6.45, 7) is 3.00. The van der Waals surface area contributed by atoms with E-state index in [0.29, 0.717) is 6.10 Å². The van der Waals surface area contributed by atoms with E-state index in [-0.39, 0.29) is 6.29 Å². The lowest BCUT2D eigenvalue weighted by Gasteiger charge is -2.26. The third-order valence-corrected chi connectivity index (χ3v) is 3.45. The minimum atomic E-state index is 0.0429. The fourth-order valence-electron chi connectivity index (χ4n) is 2.34. The summed E-state index contributed by atoms with van der Waals surface area (Å²) in [6.07, 6.45) is 12.6. The first-order valence-electron chi connectivity index (χ1n) is 7.53. The molecule has 1 fully saturated rings. The molecule has 106 valence electrons. The van der Waals surface area contributed by atoms with Gasteiger partial charge in [-0.15, -0.1) is 0 Å². The molecule has 0 aromatic heterocycles. The highest BCUT2D eigenvalue weighted by Crippen LogP contribution is 2.17. The van der Waals surface area contributed by atoms with Crippen molar-refractivity contribution in [3.8, 4) is 0 Å². The number of carbonyl (C=O) groups excluding carboxylic acids is 1. The summed E-state index contributed by atoms with van der Waals surface area (Å²) >= 11 is 0. The van der Waals surface area contributed by atoms with Crippen LogP contribution in [0.2, 0.25) is 0 Å². The molecular formula is C15H28O3. The van der Waals surface area contributed by atoms with Crippen LogP contribution in [0.3, 0.4) is 0 Å². The Morgan fingerprint density at radius 3 is 2.72 bits per heavy atom. The van der Waals surface area contributed by atoms with E-state index in [1.54, 1.807) is 0 Å². The van der Waals surface area contributed by atoms with E-state index in [1.807, 2.05) is 0 Å². The molecule has 0 aromatic rings. The molecule has 1 saturated heterocycles. The van der Waals surface area contributed by atoms with E-state index in [2.05, 4.69) is 6.92 Å². The monoisotopic (exact) mass is 256 g/mol. The van der Waals surface area contributed by atoms with Crippen LogP contribution in [0, 0.1) is 0 Å². The topological polar surface area (TPSA) is 35.5 Å². The summed E-state index contributed by atoms with van der Waals surface area (Å²) < 4.78 is 11.4. The van der Waals surface area contributed by atoms with Gasteiger partial charge in [-0.1, -0.05) is 25.7 Å². The van der Waals surface area contributed by atoms with Gasteiger partial charge in [0.25, 0.3) is 0 Å². The Balaban J connectivity index is 1.89. The summed E-state index contributed by atoms with van der Waals surface area (Å²) in [4.78, 5) is 10.1. The van der Waals surface area contributed by atoms with Gasteiger partial charge in [-0.3, -0.25) is 0 Å². The van der Waals surface area contributed by atoms with E-state index >= 15 is 0 Å². The highest BCUT2D eigenvalue weighted by molar-refractivity contribution is 5.48. The minimum absolute atomic E-state index is 0.0429. The Morgan fingerprint density at radius 1 is 1.22 bits per heavy atom. The maximum absolute atomic E-state index is 10.1. The van der Waals surface area contributed by atoms with Crippen molar-refractivity contribution in [2.45, 2.75) is 83.5 Å². The number of ether oxygens (including phenoxy) is 2. The fraction of sp³-hybridized carbons (Fsp3) is 0.933. The number of carbonyl (C=O) groups is 1. The lowest BCUT2D eigenvalue weighted by Crippen LogP contribution is -2.26. The van der Waals surface area contributed by atoms with Crippen molar-refractivity contribution in [2.75, 3.05) is 6.61 Å². The van der Waals surface area contributed by atoms with E-state index in [1.165, 1.54) is 38.5 Å². The zero-order chi connectivity index (χ0) is 13.1. The van der Waals surface area contributed by atoms with Crippen molar-refractivity contribution in [3.63, 3.8) is 0 Å². The SMILES string of the molecule is CC(CCCCCCCC=O)OC1CCCCO1. The second-order valence-electron chi connectivity index (χ2n) is 5.25. The van der Waals surface area contributed by atoms with Gasteiger partial charge in [-0.05, 0) is 39.0 Å². The maximum Gasteiger partial charge on any atom is 0.157 e. The van der Waals surface area contributed by atoms with Crippen LogP contribution in [0.1, 0.15) is 71.1 Å². The Morgan fingerprint density at radius 2 is 2.00 bits per heavy atom. The summed E-state index contributed by atoms with van der Waals surface area (Å²) in [5.41, 5.74) is 0. The van der Waals surface area contributed by atoms with Gasteiger partial charge in [-0.2, -0.15) is 0 Å². The lowest BCUT2D eigenvalue weighted by atomic mass is 10.1. The number of rotatable bonds is 10. The molecule has 0 spiro atoms. The van der Waals surface area contributed by atoms with Crippen molar-refractivity contribution in [1.29, 1.82) is 0 Å². The molecular weight excluding hydrogens is 228 g/mol. The maximum atomic E-state index is 10.1. The molecule has 0 saturated carbocycles. The second kappa shape index (κ2) is 10.5. The Kier molecular flexibility index (Phi) is 9.13. The summed E-state index contributed by atoms with van der Waals surface area (Å²) in [5, 5.41) is 0. The molecule has 1 heterocycles. The van der Waals surface area contributed by atoms with Gasteiger partial charge in [0.05, 0.1) is 6.10 Å². The van der Waals surface area contributed by atoms with Gasteiger partial charge in [0.1, 0.15) is 6.29 Å². The Bertz CT molecular complexity index is 200. The summed E-state index contributed by atoms with van der Waals surface area (Å²) in [5.74, 6) is 0. The van der Waals surface area contributed by atoms with Crippen molar-refractivity contribution in [1.82, 2.24) is 0 Å². The van der Waals surface area contributed by atoms with Crippen LogP contribution in [0.5, 0.6) is 0 Å². The molecule has 0 aliphatic carbocycles. The van der Waals surface area contributed by atoms with E-state index in [9.17, 15) is 4.79 Å². The molecule has 2 unspecified atom stereocenters. The molecule has 1 aliphatic rings. The predicted molar refractivity (Wildman–Crippen MR) is 72.5 cm³/mol. The molecule has 0 bridgehead atoms. The normalized spacial score (nSPS) is 21.7. The third-order valence-electron chi connectivity index (χ3n) is 3.45. The first-order chi connectivity index (χ1) is 8.83. The highest BCUT2D eigenvalue weighted by atomic mass is 16.7. The van der Waals surface area contributed by atoms with Crippen LogP contribution in [0.15, 0.2) is 0 Å². The molecule has 0 radical (unpaired) electrons. The van der Waals surface area contributed by atoms with Gasteiger partial charge >= 0.3 is 0 Å². The van der Waals surface area contributed by atoms with Crippen molar-refractivity contribution in [2.24, 2.45) is 0 Å². The van der Waals surface area contributed by atoms with E-state index < -0.39 is 0 Å². The Hall–Kier alpha value is -0.410. The minimum Gasteiger partial charge on any atom is -0.353 e. The smallest absolute Gasteiger partial charge is 0.157 e. The molecule has 1 rings (SSSR count). The summed E-state index contributed by atoms with van der Waals surface area (Å²) in [6, 6.07) is 0. The van der Waals surface area contributed by atoms with Crippen molar-refractivity contribution < 1.29 is 14.3 Å². The molecule has 3 heteroatoms. The zero-order valence-electron chi connectivity index (χ0n) is 11.7. The van der Waals surface area contributed by atoms with Gasteiger partial charge in [0.2, 0.25) is 0 Å². The van der Waals surface area contributed by atoms with Crippen molar-refractivity contribution >= 4 is 6.29 Å². The molecule has 3 nitrogen and oxygen atoms in total. The van der Waals surface area contributed by atoms with E-state index in [0.717, 1.165) is 38.6 Å². The van der Waals surface area contributed by atoms with Crippen LogP contribution in [0.4, 0.5) is 0 Å². The quantitative estimate of drug-likeness (QED) is 0.440. The van der Waals surface area contributed by atoms with Gasteiger partial charge in [0.15, 0.2) is 6.29 Å². The van der Waals surface area contributed by atoms with Crippen LogP contribution in [-0.2, 0) is 14.3 Å². The second-order valence-corrected chi connectivity index (χ2v) is 5.25. The van der Waals surface area contributed by atoms with Crippen LogP contribution in [0.25, 0.3) is 0 Å². The average Bonchev–Trinajstić information content (AvgIpc) is 2.39. The van der Waals surface area contributed by atoms with Gasteiger partial charge in [-0.25, -0.2) is 0 Å². The van der Waals surface area contributed by atoms with E-state index in [4.69, 9.17) is 9.47 Å². The largest absolute Gasteiger partial charge is 0.353 e. The number of aldehydes is 1. The fourth-order valence-corrected chi connectivity index (χ4v) is 2.34. The molecule has 0 aromatic carbocycles. The molecule has 1 aliphatic heterocycles. The summed E-state index contributed by atoms with van der Waals surface area (Å²) in [7, 11) is 0. The standard InChI is InChI=1S/C15H28O3/c1-14(18-15-11-7-9-13-17-15)10-6-4-2-3-5-8-12-16/h12,14-15H,2-11,13H2,1H3. The molecule has 0 N–H and O–H groups in total. The number of hydrogen-bond acceptors (Lipinski definition) is 3. The molecule has 2 atom stereocenters.